The molecule has 1 saturated carbocycles. The molecule has 1 heterocycles. The van der Waals surface area contributed by atoms with Crippen LogP contribution in [0.5, 0.6) is 5.75 Å². The zero-order chi connectivity index (χ0) is 14.7. The predicted molar refractivity (Wildman–Crippen MR) is 78.7 cm³/mol. The molecule has 5 heteroatoms. The monoisotopic (exact) mass is 285 g/mol. The summed E-state index contributed by atoms with van der Waals surface area (Å²) in [5.41, 5.74) is 2.67. The first-order valence-corrected chi connectivity index (χ1v) is 7.36. The maximum absolute atomic E-state index is 11.1. The normalized spacial score (nSPS) is 14.7. The topological polar surface area (TPSA) is 57.0 Å². The second-order valence-corrected chi connectivity index (χ2v) is 5.49. The summed E-state index contributed by atoms with van der Waals surface area (Å²) in [5, 5.41) is 8.05. The second-order valence-electron chi connectivity index (χ2n) is 5.49. The van der Waals surface area contributed by atoms with Gasteiger partial charge in [-0.1, -0.05) is 29.3 Å². The molecule has 1 aromatic carbocycles. The van der Waals surface area contributed by atoms with E-state index in [-0.39, 0.29) is 0 Å². The van der Waals surface area contributed by atoms with Gasteiger partial charge in [0.1, 0.15) is 18.1 Å². The standard InChI is InChI=1S/C16H19N3O2/c1-12-5-7-14(8-6-12)21-10-9-19-16(13-3-2-4-13)15(11-20)17-18-19/h5-8,11,13H,2-4,9-10H2,1H3. The highest BCUT2D eigenvalue weighted by molar-refractivity contribution is 5.73. The summed E-state index contributed by atoms with van der Waals surface area (Å²) >= 11 is 0. The third-order valence-electron chi connectivity index (χ3n) is 4.00. The molecule has 1 aliphatic carbocycles. The van der Waals surface area contributed by atoms with E-state index in [9.17, 15) is 4.79 Å². The fourth-order valence-corrected chi connectivity index (χ4v) is 2.57. The van der Waals surface area contributed by atoms with E-state index in [0.29, 0.717) is 24.8 Å². The maximum Gasteiger partial charge on any atom is 0.172 e. The first-order valence-electron chi connectivity index (χ1n) is 7.36. The van der Waals surface area contributed by atoms with Gasteiger partial charge in [0.15, 0.2) is 6.29 Å². The van der Waals surface area contributed by atoms with Crippen molar-refractivity contribution in [2.24, 2.45) is 0 Å². The molecule has 110 valence electrons. The molecule has 2 aromatic rings. The van der Waals surface area contributed by atoms with Crippen LogP contribution in [0.3, 0.4) is 0 Å². The fraction of sp³-hybridized carbons (Fsp3) is 0.438. The highest BCUT2D eigenvalue weighted by Crippen LogP contribution is 2.37. The minimum Gasteiger partial charge on any atom is -0.492 e. The van der Waals surface area contributed by atoms with Gasteiger partial charge in [0.05, 0.1) is 12.2 Å². The van der Waals surface area contributed by atoms with Crippen LogP contribution in [0.1, 0.15) is 46.9 Å². The average molecular weight is 285 g/mol. The number of aryl methyl sites for hydroxylation is 1. The molecule has 0 bridgehead atoms. The van der Waals surface area contributed by atoms with Crippen LogP contribution >= 0.6 is 0 Å². The Morgan fingerprint density at radius 2 is 2.10 bits per heavy atom. The lowest BCUT2D eigenvalue weighted by molar-refractivity contribution is 0.111. The van der Waals surface area contributed by atoms with Gasteiger partial charge in [-0.05, 0) is 31.9 Å². The first-order chi connectivity index (χ1) is 10.3. The van der Waals surface area contributed by atoms with Crippen molar-refractivity contribution in [2.75, 3.05) is 6.61 Å². The third-order valence-corrected chi connectivity index (χ3v) is 4.00. The number of carbonyl (C=O) groups is 1. The minimum absolute atomic E-state index is 0.430. The van der Waals surface area contributed by atoms with E-state index in [0.717, 1.165) is 30.6 Å². The first kappa shape index (κ1) is 13.8. The Labute approximate surface area is 123 Å². The van der Waals surface area contributed by atoms with Crippen LogP contribution in [0.25, 0.3) is 0 Å². The minimum atomic E-state index is 0.430. The number of ether oxygens (including phenoxy) is 1. The molecule has 1 aromatic heterocycles. The van der Waals surface area contributed by atoms with E-state index in [1.54, 1.807) is 0 Å². The van der Waals surface area contributed by atoms with Gasteiger partial charge >= 0.3 is 0 Å². The molecular formula is C16H19N3O2. The molecule has 3 rings (SSSR count). The summed E-state index contributed by atoms with van der Waals surface area (Å²) < 4.78 is 7.54. The van der Waals surface area contributed by atoms with Crippen LogP contribution in [-0.4, -0.2) is 27.9 Å². The molecular weight excluding hydrogens is 266 g/mol. The molecule has 0 radical (unpaired) electrons. The van der Waals surface area contributed by atoms with Gasteiger partial charge in [0.2, 0.25) is 0 Å². The van der Waals surface area contributed by atoms with Crippen molar-refractivity contribution in [3.63, 3.8) is 0 Å². The Kier molecular flexibility index (Phi) is 3.99. The zero-order valence-corrected chi connectivity index (χ0v) is 12.2. The molecule has 0 aliphatic heterocycles. The van der Waals surface area contributed by atoms with E-state index >= 15 is 0 Å². The quantitative estimate of drug-likeness (QED) is 0.766. The number of nitrogens with zero attached hydrogens (tertiary/aromatic N) is 3. The summed E-state index contributed by atoms with van der Waals surface area (Å²) in [5.74, 6) is 1.28. The lowest BCUT2D eigenvalue weighted by Crippen LogP contribution is -2.19. The Balaban J connectivity index is 1.63. The number of carbonyl (C=O) groups excluding carboxylic acids is 1. The van der Waals surface area contributed by atoms with Crippen molar-refractivity contribution in [2.45, 2.75) is 38.6 Å². The molecule has 5 nitrogen and oxygen atoms in total. The summed E-state index contributed by atoms with van der Waals surface area (Å²) in [6, 6.07) is 7.96. The SMILES string of the molecule is Cc1ccc(OCCn2nnc(C=O)c2C2CCC2)cc1. The highest BCUT2D eigenvalue weighted by atomic mass is 16.5. The van der Waals surface area contributed by atoms with Crippen LogP contribution in [0.15, 0.2) is 24.3 Å². The van der Waals surface area contributed by atoms with E-state index < -0.39 is 0 Å². The summed E-state index contributed by atoms with van der Waals surface area (Å²) in [4.78, 5) is 11.1. The van der Waals surface area contributed by atoms with Crippen molar-refractivity contribution in [1.29, 1.82) is 0 Å². The zero-order valence-electron chi connectivity index (χ0n) is 12.2. The smallest absolute Gasteiger partial charge is 0.172 e. The molecule has 0 amide bonds. The molecule has 21 heavy (non-hydrogen) atoms. The van der Waals surface area contributed by atoms with Gasteiger partial charge in [0, 0.05) is 5.92 Å². The van der Waals surface area contributed by atoms with Gasteiger partial charge in [-0.2, -0.15) is 0 Å². The van der Waals surface area contributed by atoms with Crippen LogP contribution in [0.4, 0.5) is 0 Å². The number of hydrogen-bond acceptors (Lipinski definition) is 4. The van der Waals surface area contributed by atoms with E-state index in [2.05, 4.69) is 10.3 Å². The van der Waals surface area contributed by atoms with Gasteiger partial charge in [-0.25, -0.2) is 4.68 Å². The molecule has 1 aliphatic rings. The number of aromatic nitrogens is 3. The Morgan fingerprint density at radius 1 is 1.33 bits per heavy atom. The number of benzene rings is 1. The van der Waals surface area contributed by atoms with E-state index in [1.807, 2.05) is 35.9 Å². The number of aldehydes is 1. The van der Waals surface area contributed by atoms with Crippen molar-refractivity contribution in [1.82, 2.24) is 15.0 Å². The number of rotatable bonds is 6. The molecule has 0 spiro atoms. The second kappa shape index (κ2) is 6.08. The molecule has 1 fully saturated rings. The fourth-order valence-electron chi connectivity index (χ4n) is 2.57. The number of hydrogen-bond donors (Lipinski definition) is 0. The summed E-state index contributed by atoms with van der Waals surface area (Å²) in [7, 11) is 0. The highest BCUT2D eigenvalue weighted by Gasteiger charge is 2.27. The predicted octanol–water partition coefficient (Wildman–Crippen LogP) is 2.75. The van der Waals surface area contributed by atoms with Gasteiger partial charge in [-0.3, -0.25) is 4.79 Å². The van der Waals surface area contributed by atoms with Crippen molar-refractivity contribution < 1.29 is 9.53 Å². The Hall–Kier alpha value is -2.17. The lowest BCUT2D eigenvalue weighted by Gasteiger charge is -2.26. The summed E-state index contributed by atoms with van der Waals surface area (Å²) in [6.45, 7) is 3.18. The van der Waals surface area contributed by atoms with Crippen molar-refractivity contribution in [3.05, 3.63) is 41.2 Å². The van der Waals surface area contributed by atoms with E-state index in [1.165, 1.54) is 12.0 Å². The van der Waals surface area contributed by atoms with E-state index in [4.69, 9.17) is 4.74 Å². The summed E-state index contributed by atoms with van der Waals surface area (Å²) in [6.07, 6.45) is 4.26. The third kappa shape index (κ3) is 2.96. The van der Waals surface area contributed by atoms with Crippen molar-refractivity contribution >= 4 is 6.29 Å². The van der Waals surface area contributed by atoms with Crippen molar-refractivity contribution in [3.8, 4) is 5.75 Å². The molecule has 0 N–H and O–H groups in total. The average Bonchev–Trinajstić information content (AvgIpc) is 2.82. The van der Waals surface area contributed by atoms with Crippen LogP contribution in [0, 0.1) is 6.92 Å². The Morgan fingerprint density at radius 3 is 2.71 bits per heavy atom. The van der Waals surface area contributed by atoms with Gasteiger partial charge < -0.3 is 4.74 Å². The maximum atomic E-state index is 11.1. The molecule has 0 atom stereocenters. The van der Waals surface area contributed by atoms with Crippen LogP contribution in [0.2, 0.25) is 0 Å². The van der Waals surface area contributed by atoms with Crippen LogP contribution in [-0.2, 0) is 6.54 Å². The largest absolute Gasteiger partial charge is 0.492 e. The Bertz CT molecular complexity index is 615. The van der Waals surface area contributed by atoms with Gasteiger partial charge in [-0.15, -0.1) is 5.10 Å². The van der Waals surface area contributed by atoms with Gasteiger partial charge in [0.25, 0.3) is 0 Å². The molecule has 0 unspecified atom stereocenters. The molecule has 0 saturated heterocycles. The lowest BCUT2D eigenvalue weighted by atomic mass is 9.82. The van der Waals surface area contributed by atoms with Crippen LogP contribution < -0.4 is 4.74 Å².